The minimum absolute atomic E-state index is 0.210. The van der Waals surface area contributed by atoms with E-state index in [-0.39, 0.29) is 5.82 Å². The highest BCUT2D eigenvalue weighted by atomic mass is 32.2. The summed E-state index contributed by atoms with van der Waals surface area (Å²) in [6.07, 6.45) is 0.917. The molecule has 0 N–H and O–H groups in total. The van der Waals surface area contributed by atoms with Crippen LogP contribution in [0.4, 0.5) is 4.39 Å². The number of rotatable bonds is 6. The van der Waals surface area contributed by atoms with Crippen molar-refractivity contribution in [3.05, 3.63) is 47.3 Å². The van der Waals surface area contributed by atoms with Gasteiger partial charge in [0.15, 0.2) is 0 Å². The summed E-state index contributed by atoms with van der Waals surface area (Å²) in [5.41, 5.74) is 1.04. The van der Waals surface area contributed by atoms with Gasteiger partial charge in [0.1, 0.15) is 17.5 Å². The second-order valence-corrected chi connectivity index (χ2v) is 5.70. The summed E-state index contributed by atoms with van der Waals surface area (Å²) in [4.78, 5) is 4.46. The molecular weight excluding hydrogens is 261 g/mol. The van der Waals surface area contributed by atoms with Crippen molar-refractivity contribution in [1.29, 1.82) is 0 Å². The smallest absolute Gasteiger partial charge is 0.147 e. The zero-order valence-corrected chi connectivity index (χ0v) is 12.1. The molecule has 5 heteroatoms. The molecule has 0 saturated carbocycles. The molecule has 0 fully saturated rings. The summed E-state index contributed by atoms with van der Waals surface area (Å²) in [6.45, 7) is 4.70. The van der Waals surface area contributed by atoms with Crippen LogP contribution >= 0.6 is 11.8 Å². The highest BCUT2D eigenvalue weighted by molar-refractivity contribution is 7.99. The molecule has 1 heterocycles. The van der Waals surface area contributed by atoms with Crippen molar-refractivity contribution in [3.8, 4) is 0 Å². The van der Waals surface area contributed by atoms with Crippen LogP contribution in [0.5, 0.6) is 0 Å². The molecule has 0 aliphatic carbocycles. The molecule has 0 saturated heterocycles. The van der Waals surface area contributed by atoms with Crippen molar-refractivity contribution >= 4 is 11.8 Å². The predicted molar refractivity (Wildman–Crippen MR) is 77.0 cm³/mol. The average Bonchev–Trinajstić information content (AvgIpc) is 2.73. The van der Waals surface area contributed by atoms with Gasteiger partial charge in [0.05, 0.1) is 6.54 Å². The first-order valence-electron chi connectivity index (χ1n) is 6.41. The van der Waals surface area contributed by atoms with E-state index in [2.05, 4.69) is 17.0 Å². The molecule has 2 aromatic rings. The summed E-state index contributed by atoms with van der Waals surface area (Å²) in [5.74, 6) is 3.75. The highest BCUT2D eigenvalue weighted by Gasteiger charge is 2.07. The largest absolute Gasteiger partial charge is 0.245 e. The van der Waals surface area contributed by atoms with Crippen molar-refractivity contribution < 1.29 is 4.39 Å². The van der Waals surface area contributed by atoms with Gasteiger partial charge in [-0.05, 0) is 30.4 Å². The Bertz CT molecular complexity index is 522. The van der Waals surface area contributed by atoms with Crippen LogP contribution in [0, 0.1) is 12.7 Å². The number of benzene rings is 1. The fraction of sp³-hybridized carbons (Fsp3) is 0.429. The Labute approximate surface area is 117 Å². The number of thioether (sulfide) groups is 1. The average molecular weight is 279 g/mol. The number of aryl methyl sites for hydroxylation is 2. The van der Waals surface area contributed by atoms with E-state index in [0.717, 1.165) is 35.1 Å². The molecule has 0 aliphatic heterocycles. The molecule has 1 aromatic carbocycles. The monoisotopic (exact) mass is 279 g/mol. The molecule has 1 aromatic heterocycles. The zero-order valence-electron chi connectivity index (χ0n) is 11.3. The minimum atomic E-state index is -0.210. The Kier molecular flexibility index (Phi) is 4.96. The van der Waals surface area contributed by atoms with Crippen LogP contribution in [0.15, 0.2) is 24.3 Å². The number of halogens is 1. The molecule has 19 heavy (non-hydrogen) atoms. The summed E-state index contributed by atoms with van der Waals surface area (Å²) in [7, 11) is 0. The maximum absolute atomic E-state index is 12.9. The van der Waals surface area contributed by atoms with Crippen LogP contribution in [0.1, 0.15) is 24.1 Å². The Hall–Kier alpha value is -1.36. The van der Waals surface area contributed by atoms with E-state index in [1.54, 1.807) is 12.1 Å². The number of hydrogen-bond donors (Lipinski definition) is 0. The standard InChI is InChI=1S/C14H18FN3S/c1-3-19-9-8-14-16-11(2)17-18(14)10-12-4-6-13(15)7-5-12/h4-7H,3,8-10H2,1-2H3. The van der Waals surface area contributed by atoms with Crippen LogP contribution < -0.4 is 0 Å². The molecule has 0 unspecified atom stereocenters. The molecule has 0 atom stereocenters. The van der Waals surface area contributed by atoms with Crippen molar-refractivity contribution in [2.45, 2.75) is 26.8 Å². The van der Waals surface area contributed by atoms with E-state index in [4.69, 9.17) is 0 Å². The van der Waals surface area contributed by atoms with Gasteiger partial charge in [-0.2, -0.15) is 16.9 Å². The summed E-state index contributed by atoms with van der Waals surface area (Å²) in [5, 5.41) is 4.41. The Morgan fingerprint density at radius 3 is 2.68 bits per heavy atom. The lowest BCUT2D eigenvalue weighted by molar-refractivity contribution is 0.619. The lowest BCUT2D eigenvalue weighted by Gasteiger charge is -2.06. The van der Waals surface area contributed by atoms with Gasteiger partial charge in [-0.3, -0.25) is 0 Å². The predicted octanol–water partition coefficient (Wildman–Crippen LogP) is 3.07. The van der Waals surface area contributed by atoms with E-state index >= 15 is 0 Å². The molecule has 102 valence electrons. The van der Waals surface area contributed by atoms with E-state index in [1.165, 1.54) is 12.1 Å². The zero-order chi connectivity index (χ0) is 13.7. The first-order chi connectivity index (χ1) is 9.19. The van der Waals surface area contributed by atoms with Crippen molar-refractivity contribution in [2.24, 2.45) is 0 Å². The van der Waals surface area contributed by atoms with Gasteiger partial charge in [0, 0.05) is 12.2 Å². The van der Waals surface area contributed by atoms with E-state index in [0.29, 0.717) is 6.54 Å². The second kappa shape index (κ2) is 6.70. The van der Waals surface area contributed by atoms with Crippen molar-refractivity contribution in [1.82, 2.24) is 14.8 Å². The maximum atomic E-state index is 12.9. The quantitative estimate of drug-likeness (QED) is 0.761. The fourth-order valence-corrected chi connectivity index (χ4v) is 2.50. The van der Waals surface area contributed by atoms with Gasteiger partial charge in [-0.25, -0.2) is 14.1 Å². The molecule has 0 radical (unpaired) electrons. The Morgan fingerprint density at radius 2 is 2.00 bits per heavy atom. The van der Waals surface area contributed by atoms with E-state index in [9.17, 15) is 4.39 Å². The fourth-order valence-electron chi connectivity index (χ4n) is 1.88. The molecule has 0 spiro atoms. The maximum Gasteiger partial charge on any atom is 0.147 e. The number of hydrogen-bond acceptors (Lipinski definition) is 3. The molecule has 0 bridgehead atoms. The molecule has 0 amide bonds. The molecule has 3 nitrogen and oxygen atoms in total. The third-order valence-corrected chi connectivity index (χ3v) is 3.68. The second-order valence-electron chi connectivity index (χ2n) is 4.31. The lowest BCUT2D eigenvalue weighted by atomic mass is 10.2. The first-order valence-corrected chi connectivity index (χ1v) is 7.57. The van der Waals surface area contributed by atoms with Gasteiger partial charge in [-0.1, -0.05) is 19.1 Å². The third-order valence-electron chi connectivity index (χ3n) is 2.77. The third kappa shape index (κ3) is 4.06. The van der Waals surface area contributed by atoms with Gasteiger partial charge < -0.3 is 0 Å². The van der Waals surface area contributed by atoms with Gasteiger partial charge in [0.25, 0.3) is 0 Å². The SMILES string of the molecule is CCSCCc1nc(C)nn1Cc1ccc(F)cc1. The van der Waals surface area contributed by atoms with Crippen LogP contribution in [0.3, 0.4) is 0 Å². The lowest BCUT2D eigenvalue weighted by Crippen LogP contribution is -2.08. The molecule has 0 aliphatic rings. The van der Waals surface area contributed by atoms with Crippen LogP contribution in [0.2, 0.25) is 0 Å². The van der Waals surface area contributed by atoms with E-state index < -0.39 is 0 Å². The highest BCUT2D eigenvalue weighted by Crippen LogP contribution is 2.09. The van der Waals surface area contributed by atoms with Crippen molar-refractivity contribution in [2.75, 3.05) is 11.5 Å². The first kappa shape index (κ1) is 14.1. The minimum Gasteiger partial charge on any atom is -0.245 e. The van der Waals surface area contributed by atoms with Crippen LogP contribution in [-0.4, -0.2) is 26.3 Å². The van der Waals surface area contributed by atoms with Gasteiger partial charge in [-0.15, -0.1) is 0 Å². The van der Waals surface area contributed by atoms with Crippen molar-refractivity contribution in [3.63, 3.8) is 0 Å². The van der Waals surface area contributed by atoms with Crippen LogP contribution in [-0.2, 0) is 13.0 Å². The molecule has 2 rings (SSSR count). The summed E-state index contributed by atoms with van der Waals surface area (Å²) < 4.78 is 14.8. The number of aromatic nitrogens is 3. The Morgan fingerprint density at radius 1 is 1.26 bits per heavy atom. The Balaban J connectivity index is 2.08. The van der Waals surface area contributed by atoms with E-state index in [1.807, 2.05) is 23.4 Å². The number of nitrogens with zero attached hydrogens (tertiary/aromatic N) is 3. The summed E-state index contributed by atoms with van der Waals surface area (Å²) >= 11 is 1.90. The van der Waals surface area contributed by atoms with Crippen LogP contribution in [0.25, 0.3) is 0 Å². The van der Waals surface area contributed by atoms with Gasteiger partial charge in [0.2, 0.25) is 0 Å². The molecular formula is C14H18FN3S. The normalized spacial score (nSPS) is 10.9. The topological polar surface area (TPSA) is 30.7 Å². The summed E-state index contributed by atoms with van der Waals surface area (Å²) in [6, 6.07) is 6.53. The van der Waals surface area contributed by atoms with Gasteiger partial charge >= 0.3 is 0 Å².